The number of carbonyl (C=O) groups excluding carboxylic acids is 1. The summed E-state index contributed by atoms with van der Waals surface area (Å²) in [6.45, 7) is 0.659. The smallest absolute Gasteiger partial charge is 0.241 e. The van der Waals surface area contributed by atoms with Gasteiger partial charge in [-0.05, 0) is 41.0 Å². The number of halogens is 1. The summed E-state index contributed by atoms with van der Waals surface area (Å²) in [5, 5.41) is 13.5. The van der Waals surface area contributed by atoms with E-state index in [0.29, 0.717) is 6.54 Å². The SMILES string of the molecule is O=C(Cn1cnnn1)NCC1(c2ccc(F)cc2)CC1. The number of hydrogen-bond donors (Lipinski definition) is 1. The first-order chi connectivity index (χ1) is 9.68. The van der Waals surface area contributed by atoms with Gasteiger partial charge in [0, 0.05) is 12.0 Å². The molecule has 1 N–H and O–H groups in total. The van der Waals surface area contributed by atoms with Gasteiger partial charge in [-0.15, -0.1) is 5.10 Å². The molecule has 0 atom stereocenters. The van der Waals surface area contributed by atoms with Crippen LogP contribution in [0.25, 0.3) is 0 Å². The van der Waals surface area contributed by atoms with Crippen LogP contribution in [-0.4, -0.2) is 32.7 Å². The largest absolute Gasteiger partial charge is 0.354 e. The molecule has 1 heterocycles. The van der Waals surface area contributed by atoms with E-state index in [1.807, 2.05) is 0 Å². The Balaban J connectivity index is 1.57. The van der Waals surface area contributed by atoms with Gasteiger partial charge in [0.1, 0.15) is 18.7 Å². The molecule has 1 saturated carbocycles. The normalized spacial score (nSPS) is 15.8. The number of carbonyl (C=O) groups is 1. The quantitative estimate of drug-likeness (QED) is 0.870. The van der Waals surface area contributed by atoms with Crippen molar-refractivity contribution in [2.24, 2.45) is 0 Å². The Kier molecular flexibility index (Phi) is 3.17. The maximum Gasteiger partial charge on any atom is 0.241 e. The molecule has 3 rings (SSSR count). The van der Waals surface area contributed by atoms with Gasteiger partial charge in [0.15, 0.2) is 0 Å². The number of benzene rings is 1. The van der Waals surface area contributed by atoms with Crippen LogP contribution in [0.5, 0.6) is 0 Å². The number of hydrogen-bond acceptors (Lipinski definition) is 4. The standard InChI is InChI=1S/C13H14FN5O/c14-11-3-1-10(2-4-11)13(5-6-13)8-15-12(20)7-19-9-16-17-18-19/h1-4,9H,5-8H2,(H,15,20). The highest BCUT2D eigenvalue weighted by atomic mass is 19.1. The molecular weight excluding hydrogens is 261 g/mol. The molecule has 0 radical (unpaired) electrons. The molecule has 1 fully saturated rings. The summed E-state index contributed by atoms with van der Waals surface area (Å²) in [4.78, 5) is 11.8. The second kappa shape index (κ2) is 4.99. The third kappa shape index (κ3) is 2.66. The van der Waals surface area contributed by atoms with Crippen LogP contribution in [-0.2, 0) is 16.8 Å². The first kappa shape index (κ1) is 12.7. The Bertz CT molecular complexity index is 592. The van der Waals surface area contributed by atoms with E-state index >= 15 is 0 Å². The number of aromatic nitrogens is 4. The van der Waals surface area contributed by atoms with Crippen molar-refractivity contribution < 1.29 is 9.18 Å². The maximum atomic E-state index is 12.9. The highest BCUT2D eigenvalue weighted by Crippen LogP contribution is 2.47. The average Bonchev–Trinajstić information content (AvgIpc) is 3.07. The molecule has 2 aromatic rings. The topological polar surface area (TPSA) is 72.7 Å². The van der Waals surface area contributed by atoms with Crippen molar-refractivity contribution in [2.45, 2.75) is 24.8 Å². The van der Waals surface area contributed by atoms with Gasteiger partial charge in [-0.2, -0.15) is 0 Å². The maximum absolute atomic E-state index is 12.9. The van der Waals surface area contributed by atoms with Crippen molar-refractivity contribution in [3.05, 3.63) is 42.0 Å². The molecule has 7 heteroatoms. The molecule has 1 aromatic carbocycles. The minimum Gasteiger partial charge on any atom is -0.354 e. The molecule has 104 valence electrons. The van der Waals surface area contributed by atoms with Gasteiger partial charge in [0.05, 0.1) is 0 Å². The third-order valence-corrected chi connectivity index (χ3v) is 3.63. The molecule has 0 spiro atoms. The predicted molar refractivity (Wildman–Crippen MR) is 68.1 cm³/mol. The molecule has 1 aliphatic rings. The number of nitrogens with zero attached hydrogens (tertiary/aromatic N) is 4. The van der Waals surface area contributed by atoms with E-state index in [1.165, 1.54) is 23.1 Å². The first-order valence-corrected chi connectivity index (χ1v) is 6.41. The lowest BCUT2D eigenvalue weighted by Gasteiger charge is -2.16. The van der Waals surface area contributed by atoms with E-state index < -0.39 is 0 Å². The lowest BCUT2D eigenvalue weighted by molar-refractivity contribution is -0.122. The summed E-state index contributed by atoms with van der Waals surface area (Å²) in [5.41, 5.74) is 1.03. The van der Waals surface area contributed by atoms with E-state index in [4.69, 9.17) is 0 Å². The van der Waals surface area contributed by atoms with Gasteiger partial charge in [0.2, 0.25) is 5.91 Å². The van der Waals surface area contributed by atoms with Crippen molar-refractivity contribution in [2.75, 3.05) is 6.54 Å². The fourth-order valence-corrected chi connectivity index (χ4v) is 2.25. The van der Waals surface area contributed by atoms with Gasteiger partial charge in [-0.3, -0.25) is 4.79 Å². The number of nitrogens with one attached hydrogen (secondary N) is 1. The van der Waals surface area contributed by atoms with Crippen LogP contribution < -0.4 is 5.32 Å². The number of amides is 1. The van der Waals surface area contributed by atoms with Gasteiger partial charge in [0.25, 0.3) is 0 Å². The molecule has 0 saturated heterocycles. The van der Waals surface area contributed by atoms with E-state index in [2.05, 4.69) is 20.8 Å². The monoisotopic (exact) mass is 275 g/mol. The highest BCUT2D eigenvalue weighted by Gasteiger charge is 2.44. The summed E-state index contributed by atoms with van der Waals surface area (Å²) in [7, 11) is 0. The van der Waals surface area contributed by atoms with E-state index in [9.17, 15) is 9.18 Å². The van der Waals surface area contributed by atoms with Crippen LogP contribution >= 0.6 is 0 Å². The van der Waals surface area contributed by atoms with E-state index in [-0.39, 0.29) is 23.7 Å². The zero-order valence-electron chi connectivity index (χ0n) is 10.8. The van der Waals surface area contributed by atoms with Crippen LogP contribution in [0.4, 0.5) is 4.39 Å². The fraction of sp³-hybridized carbons (Fsp3) is 0.385. The third-order valence-electron chi connectivity index (χ3n) is 3.63. The lowest BCUT2D eigenvalue weighted by atomic mass is 9.96. The Hall–Kier alpha value is -2.31. The molecule has 0 unspecified atom stereocenters. The average molecular weight is 275 g/mol. The van der Waals surface area contributed by atoms with Gasteiger partial charge < -0.3 is 5.32 Å². The minimum absolute atomic E-state index is 0.0377. The molecule has 0 bridgehead atoms. The second-order valence-corrected chi connectivity index (χ2v) is 5.07. The minimum atomic E-state index is -0.243. The fourth-order valence-electron chi connectivity index (χ4n) is 2.25. The molecule has 1 aromatic heterocycles. The summed E-state index contributed by atoms with van der Waals surface area (Å²) in [5.74, 6) is -0.377. The zero-order chi connectivity index (χ0) is 14.0. The molecule has 20 heavy (non-hydrogen) atoms. The Morgan fingerprint density at radius 1 is 1.35 bits per heavy atom. The van der Waals surface area contributed by atoms with Gasteiger partial charge in [-0.25, -0.2) is 9.07 Å². The Morgan fingerprint density at radius 3 is 2.70 bits per heavy atom. The Labute approximate surface area is 115 Å². The molecule has 0 aliphatic heterocycles. The van der Waals surface area contributed by atoms with Crippen LogP contribution in [0.2, 0.25) is 0 Å². The van der Waals surface area contributed by atoms with Crippen molar-refractivity contribution in [1.82, 2.24) is 25.5 Å². The van der Waals surface area contributed by atoms with Crippen molar-refractivity contribution in [1.29, 1.82) is 0 Å². The summed E-state index contributed by atoms with van der Waals surface area (Å²) >= 11 is 0. The molecule has 1 amide bonds. The van der Waals surface area contributed by atoms with Gasteiger partial charge in [-0.1, -0.05) is 12.1 Å². The molecular formula is C13H14FN5O. The predicted octanol–water partition coefficient (Wildman–Crippen LogP) is 0.660. The number of tetrazole rings is 1. The molecule has 1 aliphatic carbocycles. The summed E-state index contributed by atoms with van der Waals surface area (Å²) < 4.78 is 14.3. The van der Waals surface area contributed by atoms with E-state index in [0.717, 1.165) is 18.4 Å². The highest BCUT2D eigenvalue weighted by molar-refractivity contribution is 5.75. The zero-order valence-corrected chi connectivity index (χ0v) is 10.8. The van der Waals surface area contributed by atoms with Crippen molar-refractivity contribution in [3.8, 4) is 0 Å². The van der Waals surface area contributed by atoms with Crippen molar-refractivity contribution >= 4 is 5.91 Å². The number of rotatable bonds is 5. The first-order valence-electron chi connectivity index (χ1n) is 6.41. The second-order valence-electron chi connectivity index (χ2n) is 5.07. The van der Waals surface area contributed by atoms with Crippen LogP contribution in [0.3, 0.4) is 0 Å². The van der Waals surface area contributed by atoms with Crippen molar-refractivity contribution in [3.63, 3.8) is 0 Å². The molecule has 6 nitrogen and oxygen atoms in total. The lowest BCUT2D eigenvalue weighted by Crippen LogP contribution is -2.34. The van der Waals surface area contributed by atoms with Crippen LogP contribution in [0.15, 0.2) is 30.6 Å². The van der Waals surface area contributed by atoms with E-state index in [1.54, 1.807) is 12.1 Å². The summed E-state index contributed by atoms with van der Waals surface area (Å²) in [6, 6.07) is 6.49. The summed E-state index contributed by atoms with van der Waals surface area (Å²) in [6.07, 6.45) is 3.40. The van der Waals surface area contributed by atoms with Crippen LogP contribution in [0, 0.1) is 5.82 Å². The van der Waals surface area contributed by atoms with Gasteiger partial charge >= 0.3 is 0 Å². The van der Waals surface area contributed by atoms with Crippen LogP contribution in [0.1, 0.15) is 18.4 Å². The Morgan fingerprint density at radius 2 is 2.10 bits per heavy atom.